The lowest BCUT2D eigenvalue weighted by atomic mass is 10.1. The smallest absolute Gasteiger partial charge is 0.271 e. The number of hydrogen-bond acceptors (Lipinski definition) is 6. The highest BCUT2D eigenvalue weighted by Gasteiger charge is 2.33. The number of carbonyl (C=O) groups is 2. The quantitative estimate of drug-likeness (QED) is 0.642. The van der Waals surface area contributed by atoms with Gasteiger partial charge < -0.3 is 5.32 Å². The number of benzene rings is 1. The first-order valence-corrected chi connectivity index (χ1v) is 7.66. The molecule has 2 N–H and O–H groups in total. The molecule has 1 aromatic carbocycles. The number of hydrogen-bond donors (Lipinski definition) is 2. The second-order valence-electron chi connectivity index (χ2n) is 5.96. The summed E-state index contributed by atoms with van der Waals surface area (Å²) in [6, 6.07) is 4.72. The van der Waals surface area contributed by atoms with Gasteiger partial charge >= 0.3 is 0 Å². The molecule has 130 valence electrons. The molecule has 0 aliphatic carbocycles. The van der Waals surface area contributed by atoms with E-state index in [0.29, 0.717) is 5.82 Å². The summed E-state index contributed by atoms with van der Waals surface area (Å²) < 4.78 is 1.38. The Morgan fingerprint density at radius 1 is 1.48 bits per heavy atom. The molecule has 3 rings (SSSR count). The van der Waals surface area contributed by atoms with Crippen LogP contribution in [-0.2, 0) is 9.59 Å². The molecule has 1 atom stereocenters. The lowest BCUT2D eigenvalue weighted by Gasteiger charge is -2.22. The molecule has 1 aliphatic heterocycles. The highest BCUT2D eigenvalue weighted by Crippen LogP contribution is 2.26. The molecule has 2 aromatic rings. The molecule has 0 spiro atoms. The minimum absolute atomic E-state index is 0.0375. The fourth-order valence-corrected chi connectivity index (χ4v) is 2.45. The van der Waals surface area contributed by atoms with Gasteiger partial charge in [0.15, 0.2) is 5.82 Å². The topological polar surface area (TPSA) is 132 Å². The number of nitro groups is 1. The summed E-state index contributed by atoms with van der Waals surface area (Å²) in [4.78, 5) is 39.0. The molecule has 2 amide bonds. The zero-order valence-electron chi connectivity index (χ0n) is 13.6. The number of non-ortho nitro benzene ring substituents is 1. The van der Waals surface area contributed by atoms with E-state index in [1.165, 1.54) is 28.9 Å². The predicted molar refractivity (Wildman–Crippen MR) is 88.1 cm³/mol. The fraction of sp³-hybridized carbons (Fsp3) is 0.333. The van der Waals surface area contributed by atoms with Gasteiger partial charge in [0.05, 0.1) is 11.3 Å². The SMILES string of the molecule is CC(C)c1nc2n(n1)C(C(=O)Nc1cccc([N+](=O)[O-])c1)CC(=O)N2. The van der Waals surface area contributed by atoms with Crippen LogP contribution in [0, 0.1) is 10.1 Å². The lowest BCUT2D eigenvalue weighted by molar-refractivity contribution is -0.384. The summed E-state index contributed by atoms with van der Waals surface area (Å²) in [6.07, 6.45) is -0.0886. The zero-order chi connectivity index (χ0) is 18.1. The van der Waals surface area contributed by atoms with Crippen molar-refractivity contribution in [3.63, 3.8) is 0 Å². The summed E-state index contributed by atoms with van der Waals surface area (Å²) in [7, 11) is 0. The van der Waals surface area contributed by atoms with E-state index in [-0.39, 0.29) is 35.6 Å². The van der Waals surface area contributed by atoms with Crippen LogP contribution in [0.2, 0.25) is 0 Å². The number of carbonyl (C=O) groups excluding carboxylic acids is 2. The lowest BCUT2D eigenvalue weighted by Crippen LogP contribution is -2.36. The van der Waals surface area contributed by atoms with Gasteiger partial charge in [0.2, 0.25) is 17.8 Å². The van der Waals surface area contributed by atoms with Crippen LogP contribution in [0.4, 0.5) is 17.3 Å². The molecule has 0 fully saturated rings. The number of amides is 2. The van der Waals surface area contributed by atoms with Crippen molar-refractivity contribution in [1.29, 1.82) is 0 Å². The van der Waals surface area contributed by atoms with Crippen LogP contribution in [0.15, 0.2) is 24.3 Å². The number of nitrogens with one attached hydrogen (secondary N) is 2. The van der Waals surface area contributed by atoms with E-state index in [0.717, 1.165) is 0 Å². The van der Waals surface area contributed by atoms with E-state index < -0.39 is 16.9 Å². The maximum Gasteiger partial charge on any atom is 0.271 e. The largest absolute Gasteiger partial charge is 0.324 e. The second kappa shape index (κ2) is 6.30. The van der Waals surface area contributed by atoms with Gasteiger partial charge in [0.25, 0.3) is 5.69 Å². The van der Waals surface area contributed by atoms with Gasteiger partial charge in [0.1, 0.15) is 6.04 Å². The van der Waals surface area contributed by atoms with Crippen molar-refractivity contribution in [3.8, 4) is 0 Å². The highest BCUT2D eigenvalue weighted by molar-refractivity contribution is 6.00. The van der Waals surface area contributed by atoms with Gasteiger partial charge in [-0.05, 0) is 6.07 Å². The summed E-state index contributed by atoms with van der Waals surface area (Å²) in [5, 5.41) is 20.3. The van der Waals surface area contributed by atoms with Gasteiger partial charge in [0, 0.05) is 23.7 Å². The normalized spacial score (nSPS) is 16.3. The van der Waals surface area contributed by atoms with Gasteiger partial charge in [-0.1, -0.05) is 19.9 Å². The first kappa shape index (κ1) is 16.6. The molecular formula is C15H16N6O4. The molecular weight excluding hydrogens is 328 g/mol. The van der Waals surface area contributed by atoms with Crippen LogP contribution in [0.3, 0.4) is 0 Å². The molecule has 0 radical (unpaired) electrons. The molecule has 0 saturated carbocycles. The van der Waals surface area contributed by atoms with Gasteiger partial charge in [-0.25, -0.2) is 4.68 Å². The third-order valence-electron chi connectivity index (χ3n) is 3.72. The van der Waals surface area contributed by atoms with Crippen molar-refractivity contribution in [3.05, 3.63) is 40.2 Å². The van der Waals surface area contributed by atoms with Gasteiger partial charge in [-0.2, -0.15) is 10.1 Å². The Bertz CT molecular complexity index is 859. The fourth-order valence-electron chi connectivity index (χ4n) is 2.45. The Balaban J connectivity index is 1.86. The number of fused-ring (bicyclic) bond motifs is 1. The van der Waals surface area contributed by atoms with E-state index in [4.69, 9.17) is 0 Å². The van der Waals surface area contributed by atoms with E-state index >= 15 is 0 Å². The Morgan fingerprint density at radius 2 is 2.24 bits per heavy atom. The number of aromatic nitrogens is 3. The summed E-state index contributed by atoms with van der Waals surface area (Å²) in [5.41, 5.74) is 0.138. The van der Waals surface area contributed by atoms with E-state index in [9.17, 15) is 19.7 Å². The van der Waals surface area contributed by atoms with Crippen LogP contribution < -0.4 is 10.6 Å². The Kier molecular flexibility index (Phi) is 4.17. The molecule has 0 bridgehead atoms. The third-order valence-corrected chi connectivity index (χ3v) is 3.72. The molecule has 0 saturated heterocycles. The van der Waals surface area contributed by atoms with Crippen molar-refractivity contribution < 1.29 is 14.5 Å². The van der Waals surface area contributed by atoms with Crippen molar-refractivity contribution >= 4 is 29.1 Å². The van der Waals surface area contributed by atoms with E-state index in [2.05, 4.69) is 20.7 Å². The van der Waals surface area contributed by atoms with E-state index in [1.54, 1.807) is 0 Å². The summed E-state index contributed by atoms with van der Waals surface area (Å²) in [6.45, 7) is 3.81. The Labute approximate surface area is 142 Å². The summed E-state index contributed by atoms with van der Waals surface area (Å²) >= 11 is 0. The highest BCUT2D eigenvalue weighted by atomic mass is 16.6. The molecule has 2 heterocycles. The standard InChI is InChI=1S/C15H16N6O4/c1-8(2)13-18-15-17-12(22)7-11(20(15)19-13)14(23)16-9-4-3-5-10(6-9)21(24)25/h3-6,8,11H,7H2,1-2H3,(H,16,23)(H,17,18,19,22). The molecule has 1 aliphatic rings. The van der Waals surface area contributed by atoms with E-state index in [1.807, 2.05) is 13.8 Å². The summed E-state index contributed by atoms with van der Waals surface area (Å²) in [5.74, 6) is -0.0498. The number of rotatable bonds is 4. The van der Waals surface area contributed by atoms with Gasteiger partial charge in [-0.15, -0.1) is 0 Å². The van der Waals surface area contributed by atoms with Crippen LogP contribution in [0.5, 0.6) is 0 Å². The average molecular weight is 344 g/mol. The van der Waals surface area contributed by atoms with Crippen LogP contribution in [-0.4, -0.2) is 31.5 Å². The monoisotopic (exact) mass is 344 g/mol. The molecule has 25 heavy (non-hydrogen) atoms. The molecule has 1 unspecified atom stereocenters. The molecule has 1 aromatic heterocycles. The number of nitrogens with zero attached hydrogens (tertiary/aromatic N) is 4. The Hall–Kier alpha value is -3.30. The van der Waals surface area contributed by atoms with Crippen molar-refractivity contribution in [2.75, 3.05) is 10.6 Å². The maximum atomic E-state index is 12.6. The van der Waals surface area contributed by atoms with Crippen LogP contribution in [0.25, 0.3) is 0 Å². The van der Waals surface area contributed by atoms with Crippen molar-refractivity contribution in [2.24, 2.45) is 0 Å². The molecule has 10 heteroatoms. The zero-order valence-corrected chi connectivity index (χ0v) is 13.6. The van der Waals surface area contributed by atoms with Crippen LogP contribution in [0.1, 0.15) is 38.1 Å². The van der Waals surface area contributed by atoms with Gasteiger partial charge in [-0.3, -0.25) is 25.0 Å². The minimum atomic E-state index is -0.872. The first-order chi connectivity index (χ1) is 11.8. The first-order valence-electron chi connectivity index (χ1n) is 7.66. The maximum absolute atomic E-state index is 12.6. The van der Waals surface area contributed by atoms with Crippen molar-refractivity contribution in [1.82, 2.24) is 14.8 Å². The predicted octanol–water partition coefficient (Wildman–Crippen LogP) is 1.83. The third kappa shape index (κ3) is 3.32. The molecule has 10 nitrogen and oxygen atoms in total. The second-order valence-corrected chi connectivity index (χ2v) is 5.96. The number of nitro benzene ring substituents is 1. The minimum Gasteiger partial charge on any atom is -0.324 e. The average Bonchev–Trinajstić information content (AvgIpc) is 2.98. The van der Waals surface area contributed by atoms with Crippen LogP contribution >= 0.6 is 0 Å². The van der Waals surface area contributed by atoms with Crippen molar-refractivity contribution in [2.45, 2.75) is 32.2 Å². The number of anilines is 2. The Morgan fingerprint density at radius 3 is 2.92 bits per heavy atom.